The quantitative estimate of drug-likeness (QED) is 0.168. The second kappa shape index (κ2) is 22.1. The fraction of sp³-hybridized carbons (Fsp3) is 0.957. The number of nitrogens with two attached hydrogens (primary N) is 1. The number of thioether (sulfide) groups is 1. The van der Waals surface area contributed by atoms with Crippen LogP contribution in [0.5, 0.6) is 0 Å². The summed E-state index contributed by atoms with van der Waals surface area (Å²) in [5.41, 5.74) is 5.79. The van der Waals surface area contributed by atoms with Gasteiger partial charge in [0.25, 0.3) is 0 Å². The summed E-state index contributed by atoms with van der Waals surface area (Å²) in [4.78, 5) is 11.7. The molecule has 1 atom stereocenters. The van der Waals surface area contributed by atoms with Crippen molar-refractivity contribution in [2.45, 2.75) is 122 Å². The van der Waals surface area contributed by atoms with Crippen LogP contribution in [-0.4, -0.2) is 30.6 Å². The maximum absolute atomic E-state index is 11.7. The lowest BCUT2D eigenvalue weighted by Crippen LogP contribution is -2.33. The summed E-state index contributed by atoms with van der Waals surface area (Å²) in [5, 5.41) is 0. The SMILES string of the molecule is CCCCCCCCCCCCCCCCCCOC(=O)[C@@H](N)CCSC. The van der Waals surface area contributed by atoms with Crippen molar-refractivity contribution >= 4 is 17.7 Å². The first kappa shape index (κ1) is 26.8. The molecule has 0 heterocycles. The highest BCUT2D eigenvalue weighted by Crippen LogP contribution is 2.13. The standard InChI is InChI=1S/C23H47NO2S/c1-3-4-5-6-7-8-9-10-11-12-13-14-15-16-17-18-20-26-23(25)22(24)19-21-27-2/h22H,3-21,24H2,1-2H3/t22-/m0/s1. The van der Waals surface area contributed by atoms with Crippen LogP contribution in [0.4, 0.5) is 0 Å². The van der Waals surface area contributed by atoms with Crippen LogP contribution in [-0.2, 0) is 9.53 Å². The molecular weight excluding hydrogens is 354 g/mol. The molecule has 0 aromatic rings. The number of carbonyl (C=O) groups is 1. The molecule has 0 unspecified atom stereocenters. The van der Waals surface area contributed by atoms with Crippen LogP contribution < -0.4 is 5.73 Å². The Balaban J connectivity index is 3.15. The molecule has 0 bridgehead atoms. The van der Waals surface area contributed by atoms with Gasteiger partial charge in [-0.25, -0.2) is 0 Å². The van der Waals surface area contributed by atoms with E-state index in [1.54, 1.807) is 11.8 Å². The predicted octanol–water partition coefficient (Wildman–Crippen LogP) is 6.87. The molecular formula is C23H47NO2S. The van der Waals surface area contributed by atoms with Crippen molar-refractivity contribution in [2.24, 2.45) is 5.73 Å². The zero-order chi connectivity index (χ0) is 20.0. The van der Waals surface area contributed by atoms with E-state index in [0.717, 1.165) is 18.6 Å². The lowest BCUT2D eigenvalue weighted by atomic mass is 10.0. The summed E-state index contributed by atoms with van der Waals surface area (Å²) in [7, 11) is 0. The average Bonchev–Trinajstić information content (AvgIpc) is 2.68. The fourth-order valence-electron chi connectivity index (χ4n) is 3.29. The fourth-order valence-corrected chi connectivity index (χ4v) is 3.78. The summed E-state index contributed by atoms with van der Waals surface area (Å²) in [6, 6.07) is -0.446. The van der Waals surface area contributed by atoms with Crippen LogP contribution in [0.15, 0.2) is 0 Å². The van der Waals surface area contributed by atoms with Gasteiger partial charge in [-0.1, -0.05) is 103 Å². The zero-order valence-electron chi connectivity index (χ0n) is 18.3. The van der Waals surface area contributed by atoms with Crippen LogP contribution in [0.2, 0.25) is 0 Å². The Morgan fingerprint density at radius 2 is 1.19 bits per heavy atom. The van der Waals surface area contributed by atoms with Gasteiger partial charge in [-0.15, -0.1) is 0 Å². The molecule has 0 saturated carbocycles. The molecule has 0 radical (unpaired) electrons. The van der Waals surface area contributed by atoms with E-state index in [-0.39, 0.29) is 5.97 Å². The molecule has 0 aliphatic carbocycles. The van der Waals surface area contributed by atoms with Gasteiger partial charge in [0.1, 0.15) is 6.04 Å². The molecule has 162 valence electrons. The monoisotopic (exact) mass is 401 g/mol. The van der Waals surface area contributed by atoms with Crippen LogP contribution in [0.3, 0.4) is 0 Å². The molecule has 0 aromatic carbocycles. The molecule has 0 aromatic heterocycles. The molecule has 0 fully saturated rings. The molecule has 27 heavy (non-hydrogen) atoms. The van der Waals surface area contributed by atoms with Gasteiger partial charge < -0.3 is 10.5 Å². The van der Waals surface area contributed by atoms with Crippen molar-refractivity contribution in [3.63, 3.8) is 0 Å². The Hall–Kier alpha value is -0.220. The van der Waals surface area contributed by atoms with E-state index in [0.29, 0.717) is 13.0 Å². The van der Waals surface area contributed by atoms with Gasteiger partial charge in [-0.2, -0.15) is 11.8 Å². The molecule has 4 heteroatoms. The van der Waals surface area contributed by atoms with Gasteiger partial charge in [-0.05, 0) is 24.9 Å². The predicted molar refractivity (Wildman–Crippen MR) is 121 cm³/mol. The summed E-state index contributed by atoms with van der Waals surface area (Å²) in [5.74, 6) is 0.681. The Labute approximate surface area is 174 Å². The topological polar surface area (TPSA) is 52.3 Å². The van der Waals surface area contributed by atoms with E-state index < -0.39 is 6.04 Å². The van der Waals surface area contributed by atoms with Crippen LogP contribution in [0.1, 0.15) is 116 Å². The number of hydrogen-bond acceptors (Lipinski definition) is 4. The third kappa shape index (κ3) is 20.3. The van der Waals surface area contributed by atoms with E-state index in [2.05, 4.69) is 6.92 Å². The van der Waals surface area contributed by atoms with E-state index in [1.165, 1.54) is 89.9 Å². The number of esters is 1. The number of ether oxygens (including phenoxy) is 1. The molecule has 2 N–H and O–H groups in total. The molecule has 0 aliphatic heterocycles. The molecule has 0 amide bonds. The maximum Gasteiger partial charge on any atom is 0.322 e. The van der Waals surface area contributed by atoms with Crippen molar-refractivity contribution in [1.82, 2.24) is 0 Å². The summed E-state index contributed by atoms with van der Waals surface area (Å²) in [6.07, 6.45) is 24.4. The van der Waals surface area contributed by atoms with Gasteiger partial charge in [0.15, 0.2) is 0 Å². The zero-order valence-corrected chi connectivity index (χ0v) is 19.1. The summed E-state index contributed by atoms with van der Waals surface area (Å²) >= 11 is 1.71. The highest BCUT2D eigenvalue weighted by atomic mass is 32.2. The molecule has 0 saturated heterocycles. The van der Waals surface area contributed by atoms with Gasteiger partial charge in [0, 0.05) is 0 Å². The van der Waals surface area contributed by atoms with Crippen molar-refractivity contribution in [3.8, 4) is 0 Å². The van der Waals surface area contributed by atoms with Gasteiger partial charge in [-0.3, -0.25) is 4.79 Å². The Bertz CT molecular complexity index is 313. The highest BCUT2D eigenvalue weighted by molar-refractivity contribution is 7.98. The Morgan fingerprint density at radius 1 is 0.778 bits per heavy atom. The number of unbranched alkanes of at least 4 members (excludes halogenated alkanes) is 15. The average molecular weight is 402 g/mol. The molecule has 0 spiro atoms. The first-order chi connectivity index (χ1) is 13.2. The maximum atomic E-state index is 11.7. The van der Waals surface area contributed by atoms with Gasteiger partial charge in [0.05, 0.1) is 6.61 Å². The van der Waals surface area contributed by atoms with E-state index in [1.807, 2.05) is 6.26 Å². The van der Waals surface area contributed by atoms with Crippen LogP contribution >= 0.6 is 11.8 Å². The van der Waals surface area contributed by atoms with E-state index in [9.17, 15) is 4.79 Å². The largest absolute Gasteiger partial charge is 0.465 e. The third-order valence-corrected chi connectivity index (χ3v) is 5.82. The number of hydrogen-bond donors (Lipinski definition) is 1. The van der Waals surface area contributed by atoms with E-state index in [4.69, 9.17) is 10.5 Å². The van der Waals surface area contributed by atoms with Crippen molar-refractivity contribution in [3.05, 3.63) is 0 Å². The number of rotatable bonds is 21. The minimum Gasteiger partial charge on any atom is -0.465 e. The first-order valence-electron chi connectivity index (χ1n) is 11.6. The third-order valence-electron chi connectivity index (χ3n) is 5.18. The lowest BCUT2D eigenvalue weighted by molar-refractivity contribution is -0.145. The minimum atomic E-state index is -0.446. The van der Waals surface area contributed by atoms with E-state index >= 15 is 0 Å². The first-order valence-corrected chi connectivity index (χ1v) is 13.0. The van der Waals surface area contributed by atoms with Gasteiger partial charge in [0.2, 0.25) is 0 Å². The van der Waals surface area contributed by atoms with Crippen molar-refractivity contribution in [2.75, 3.05) is 18.6 Å². The van der Waals surface area contributed by atoms with Crippen molar-refractivity contribution < 1.29 is 9.53 Å². The second-order valence-electron chi connectivity index (χ2n) is 7.86. The van der Waals surface area contributed by atoms with Crippen LogP contribution in [0.25, 0.3) is 0 Å². The summed E-state index contributed by atoms with van der Waals surface area (Å²) < 4.78 is 5.25. The minimum absolute atomic E-state index is 0.231. The van der Waals surface area contributed by atoms with Gasteiger partial charge >= 0.3 is 5.97 Å². The normalized spacial score (nSPS) is 12.3. The summed E-state index contributed by atoms with van der Waals surface area (Å²) in [6.45, 7) is 2.81. The number of carbonyl (C=O) groups excluding carboxylic acids is 1. The Morgan fingerprint density at radius 3 is 1.59 bits per heavy atom. The Kier molecular flexibility index (Phi) is 21.9. The van der Waals surface area contributed by atoms with Crippen molar-refractivity contribution in [1.29, 1.82) is 0 Å². The smallest absolute Gasteiger partial charge is 0.322 e. The highest BCUT2D eigenvalue weighted by Gasteiger charge is 2.13. The van der Waals surface area contributed by atoms with Crippen LogP contribution in [0, 0.1) is 0 Å². The second-order valence-corrected chi connectivity index (χ2v) is 8.84. The lowest BCUT2D eigenvalue weighted by Gasteiger charge is -2.10. The molecule has 0 rings (SSSR count). The molecule has 0 aliphatic rings. The molecule has 3 nitrogen and oxygen atoms in total.